The van der Waals surface area contributed by atoms with Crippen LogP contribution in [0, 0.1) is 5.82 Å². The van der Waals surface area contributed by atoms with Gasteiger partial charge in [0.05, 0.1) is 6.54 Å². The minimum Gasteiger partial charge on any atom is -0.314 e. The highest BCUT2D eigenvalue weighted by Gasteiger charge is 2.25. The molecule has 0 aromatic heterocycles. The lowest BCUT2D eigenvalue weighted by Gasteiger charge is -2.35. The van der Waals surface area contributed by atoms with Gasteiger partial charge in [-0.1, -0.05) is 12.1 Å². The van der Waals surface area contributed by atoms with E-state index in [9.17, 15) is 9.18 Å². The van der Waals surface area contributed by atoms with Crippen molar-refractivity contribution in [1.29, 1.82) is 0 Å². The SMILES string of the molecule is NNC(=O)CN1CCNCC1c1ccc(F)cc1. The van der Waals surface area contributed by atoms with Gasteiger partial charge >= 0.3 is 0 Å². The Balaban J connectivity index is 2.12. The zero-order chi connectivity index (χ0) is 13.0. The predicted molar refractivity (Wildman–Crippen MR) is 65.9 cm³/mol. The minimum atomic E-state index is -0.256. The molecular formula is C12H17FN4O. The van der Waals surface area contributed by atoms with Crippen molar-refractivity contribution in [2.24, 2.45) is 5.84 Å². The van der Waals surface area contributed by atoms with Crippen LogP contribution >= 0.6 is 0 Å². The van der Waals surface area contributed by atoms with Crippen LogP contribution in [0.1, 0.15) is 11.6 Å². The molecule has 98 valence electrons. The highest BCUT2D eigenvalue weighted by Crippen LogP contribution is 2.21. The van der Waals surface area contributed by atoms with Gasteiger partial charge in [-0.25, -0.2) is 10.2 Å². The third kappa shape index (κ3) is 3.04. The molecule has 1 heterocycles. The van der Waals surface area contributed by atoms with E-state index in [1.165, 1.54) is 12.1 Å². The summed E-state index contributed by atoms with van der Waals surface area (Å²) in [6.07, 6.45) is 0. The number of piperazine rings is 1. The number of rotatable bonds is 3. The Morgan fingerprint density at radius 2 is 2.22 bits per heavy atom. The van der Waals surface area contributed by atoms with E-state index >= 15 is 0 Å². The summed E-state index contributed by atoms with van der Waals surface area (Å²) in [6, 6.07) is 6.44. The molecule has 18 heavy (non-hydrogen) atoms. The average Bonchev–Trinajstić information content (AvgIpc) is 2.40. The van der Waals surface area contributed by atoms with E-state index < -0.39 is 0 Å². The summed E-state index contributed by atoms with van der Waals surface area (Å²) in [5, 5.41) is 3.27. The lowest BCUT2D eigenvalue weighted by Crippen LogP contribution is -2.50. The van der Waals surface area contributed by atoms with Gasteiger partial charge in [0, 0.05) is 25.7 Å². The largest absolute Gasteiger partial charge is 0.314 e. The van der Waals surface area contributed by atoms with Crippen molar-refractivity contribution in [2.75, 3.05) is 26.2 Å². The van der Waals surface area contributed by atoms with Gasteiger partial charge in [0.15, 0.2) is 0 Å². The van der Waals surface area contributed by atoms with E-state index in [0.29, 0.717) is 0 Å². The fourth-order valence-corrected chi connectivity index (χ4v) is 2.18. The number of hydrogen-bond donors (Lipinski definition) is 3. The van der Waals surface area contributed by atoms with Crippen LogP contribution in [0.5, 0.6) is 0 Å². The molecule has 2 rings (SSSR count). The van der Waals surface area contributed by atoms with Crippen LogP contribution in [-0.2, 0) is 4.79 Å². The molecule has 6 heteroatoms. The van der Waals surface area contributed by atoms with E-state index in [1.54, 1.807) is 12.1 Å². The highest BCUT2D eigenvalue weighted by atomic mass is 19.1. The van der Waals surface area contributed by atoms with Gasteiger partial charge in [0.1, 0.15) is 5.82 Å². The maximum atomic E-state index is 12.9. The first kappa shape index (κ1) is 12.9. The van der Waals surface area contributed by atoms with Crippen molar-refractivity contribution in [3.8, 4) is 0 Å². The van der Waals surface area contributed by atoms with E-state index in [4.69, 9.17) is 5.84 Å². The highest BCUT2D eigenvalue weighted by molar-refractivity contribution is 5.77. The standard InChI is InChI=1S/C12H17FN4O/c13-10-3-1-9(2-4-10)11-7-15-5-6-17(11)8-12(18)16-14/h1-4,11,15H,5-8,14H2,(H,16,18). The molecule has 0 radical (unpaired) electrons. The topological polar surface area (TPSA) is 70.4 Å². The third-order valence-electron chi connectivity index (χ3n) is 3.12. The van der Waals surface area contributed by atoms with Crippen LogP contribution < -0.4 is 16.6 Å². The Hall–Kier alpha value is -1.50. The van der Waals surface area contributed by atoms with E-state index in [2.05, 4.69) is 10.7 Å². The van der Waals surface area contributed by atoms with Crippen molar-refractivity contribution >= 4 is 5.91 Å². The monoisotopic (exact) mass is 252 g/mol. The normalized spacial score (nSPS) is 20.7. The maximum Gasteiger partial charge on any atom is 0.248 e. The van der Waals surface area contributed by atoms with Gasteiger partial charge in [-0.3, -0.25) is 15.1 Å². The lowest BCUT2D eigenvalue weighted by molar-refractivity contribution is -0.123. The molecule has 1 aromatic rings. The van der Waals surface area contributed by atoms with Gasteiger partial charge in [0.25, 0.3) is 0 Å². The van der Waals surface area contributed by atoms with Gasteiger partial charge in [-0.2, -0.15) is 0 Å². The fourth-order valence-electron chi connectivity index (χ4n) is 2.18. The van der Waals surface area contributed by atoms with Crippen molar-refractivity contribution in [2.45, 2.75) is 6.04 Å². The smallest absolute Gasteiger partial charge is 0.248 e. The molecule has 0 aliphatic carbocycles. The number of carbonyl (C=O) groups is 1. The van der Waals surface area contributed by atoms with Crippen LogP contribution in [0.4, 0.5) is 4.39 Å². The van der Waals surface area contributed by atoms with Crippen LogP contribution in [0.15, 0.2) is 24.3 Å². The first-order valence-electron chi connectivity index (χ1n) is 5.90. The van der Waals surface area contributed by atoms with Crippen molar-refractivity contribution < 1.29 is 9.18 Å². The van der Waals surface area contributed by atoms with E-state index in [0.717, 1.165) is 25.2 Å². The molecule has 0 saturated carbocycles. The zero-order valence-electron chi connectivity index (χ0n) is 10.0. The molecular weight excluding hydrogens is 235 g/mol. The van der Waals surface area contributed by atoms with Crippen molar-refractivity contribution in [1.82, 2.24) is 15.6 Å². The van der Waals surface area contributed by atoms with Crippen LogP contribution in [0.2, 0.25) is 0 Å². The first-order valence-corrected chi connectivity index (χ1v) is 5.90. The number of halogens is 1. The molecule has 0 bridgehead atoms. The molecule has 5 nitrogen and oxygen atoms in total. The Morgan fingerprint density at radius 3 is 2.89 bits per heavy atom. The second kappa shape index (κ2) is 5.90. The Morgan fingerprint density at radius 1 is 1.50 bits per heavy atom. The zero-order valence-corrected chi connectivity index (χ0v) is 10.0. The number of nitrogens with one attached hydrogen (secondary N) is 2. The number of nitrogens with zero attached hydrogens (tertiary/aromatic N) is 1. The molecule has 4 N–H and O–H groups in total. The average molecular weight is 252 g/mol. The summed E-state index contributed by atoms with van der Waals surface area (Å²) in [7, 11) is 0. The summed E-state index contributed by atoms with van der Waals surface area (Å²) in [5.41, 5.74) is 3.13. The minimum absolute atomic E-state index is 0.0663. The Bertz CT molecular complexity index is 409. The van der Waals surface area contributed by atoms with Crippen LogP contribution in [0.3, 0.4) is 0 Å². The molecule has 0 spiro atoms. The number of hydrogen-bond acceptors (Lipinski definition) is 4. The van der Waals surface area contributed by atoms with Crippen LogP contribution in [-0.4, -0.2) is 37.0 Å². The van der Waals surface area contributed by atoms with Gasteiger partial charge < -0.3 is 5.32 Å². The second-order valence-corrected chi connectivity index (χ2v) is 4.31. The van der Waals surface area contributed by atoms with Crippen molar-refractivity contribution in [3.05, 3.63) is 35.6 Å². The molecule has 1 aliphatic rings. The third-order valence-corrected chi connectivity index (χ3v) is 3.12. The molecule has 1 saturated heterocycles. The summed E-state index contributed by atoms with van der Waals surface area (Å²) in [4.78, 5) is 13.4. The number of amides is 1. The molecule has 1 aliphatic heterocycles. The summed E-state index contributed by atoms with van der Waals surface area (Å²) < 4.78 is 12.9. The Kier molecular flexibility index (Phi) is 4.24. The molecule has 1 atom stereocenters. The second-order valence-electron chi connectivity index (χ2n) is 4.31. The van der Waals surface area contributed by atoms with E-state index in [1.807, 2.05) is 4.90 Å². The predicted octanol–water partition coefficient (Wildman–Crippen LogP) is -0.238. The van der Waals surface area contributed by atoms with Gasteiger partial charge in [-0.15, -0.1) is 0 Å². The van der Waals surface area contributed by atoms with Gasteiger partial charge in [-0.05, 0) is 17.7 Å². The fraction of sp³-hybridized carbons (Fsp3) is 0.417. The first-order chi connectivity index (χ1) is 8.70. The summed E-state index contributed by atoms with van der Waals surface area (Å²) in [5.74, 6) is 4.63. The molecule has 1 amide bonds. The Labute approximate surface area is 105 Å². The molecule has 1 fully saturated rings. The molecule has 1 unspecified atom stereocenters. The lowest BCUT2D eigenvalue weighted by atomic mass is 10.0. The maximum absolute atomic E-state index is 12.9. The number of benzene rings is 1. The number of hydrazine groups is 1. The summed E-state index contributed by atoms with van der Waals surface area (Å²) >= 11 is 0. The molecule has 1 aromatic carbocycles. The summed E-state index contributed by atoms with van der Waals surface area (Å²) in [6.45, 7) is 2.58. The van der Waals surface area contributed by atoms with Crippen molar-refractivity contribution in [3.63, 3.8) is 0 Å². The number of nitrogens with two attached hydrogens (primary N) is 1. The number of carbonyl (C=O) groups excluding carboxylic acids is 1. The van der Waals surface area contributed by atoms with Gasteiger partial charge in [0.2, 0.25) is 5.91 Å². The quantitative estimate of drug-likeness (QED) is 0.394. The van der Waals surface area contributed by atoms with E-state index in [-0.39, 0.29) is 24.3 Å². The van der Waals surface area contributed by atoms with Crippen LogP contribution in [0.25, 0.3) is 0 Å².